The fraction of sp³-hybridized carbons (Fsp3) is 0.514. The number of nitrogens with one attached hydrogen (secondary N) is 1. The fourth-order valence-electron chi connectivity index (χ4n) is 7.10. The van der Waals surface area contributed by atoms with Crippen LogP contribution in [0.25, 0.3) is 5.65 Å². The summed E-state index contributed by atoms with van der Waals surface area (Å²) in [5.41, 5.74) is 4.08. The van der Waals surface area contributed by atoms with Crippen LogP contribution in [0.1, 0.15) is 87.1 Å². The molecular weight excluding hydrogens is 677 g/mol. The number of rotatable bonds is 9. The molecule has 2 unspecified atom stereocenters. The van der Waals surface area contributed by atoms with Gasteiger partial charge in [0.1, 0.15) is 18.2 Å². The summed E-state index contributed by atoms with van der Waals surface area (Å²) in [5, 5.41) is 2.97. The molecule has 52 heavy (non-hydrogen) atoms. The third kappa shape index (κ3) is 6.33. The minimum Gasteiger partial charge on any atom is -0.412 e. The normalized spacial score (nSPS) is 23.6. The number of imidazole rings is 1. The van der Waals surface area contributed by atoms with E-state index in [1.807, 2.05) is 35.7 Å². The van der Waals surface area contributed by atoms with E-state index in [0.29, 0.717) is 48.3 Å². The molecule has 4 fully saturated rings. The molecule has 8 rings (SSSR count). The molecule has 4 aromatic rings. The predicted octanol–water partition coefficient (Wildman–Crippen LogP) is 5.58. The predicted molar refractivity (Wildman–Crippen MR) is 198 cm³/mol. The Morgan fingerprint density at radius 1 is 1.02 bits per heavy atom. The molecule has 2 aliphatic heterocycles. The summed E-state index contributed by atoms with van der Waals surface area (Å²) >= 11 is 0. The van der Waals surface area contributed by atoms with Crippen LogP contribution in [0.5, 0.6) is 0 Å². The van der Waals surface area contributed by atoms with E-state index < -0.39 is 8.32 Å². The van der Waals surface area contributed by atoms with Crippen molar-refractivity contribution in [1.29, 1.82) is 0 Å². The smallest absolute Gasteiger partial charge is 0.331 e. The largest absolute Gasteiger partial charge is 0.412 e. The molecule has 2 aliphatic carbocycles. The average molecular weight is 723 g/mol. The van der Waals surface area contributed by atoms with Gasteiger partial charge in [-0.3, -0.25) is 24.7 Å². The summed E-state index contributed by atoms with van der Waals surface area (Å²) in [7, 11) is -0.617. The molecule has 4 atom stereocenters. The number of pyridine rings is 1. The number of imide groups is 1. The summed E-state index contributed by atoms with van der Waals surface area (Å²) in [6, 6.07) is 5.16. The average Bonchev–Trinajstić information content (AvgIpc) is 4.00. The molecule has 272 valence electrons. The minimum atomic E-state index is -2.13. The van der Waals surface area contributed by atoms with E-state index in [-0.39, 0.29) is 59.4 Å². The van der Waals surface area contributed by atoms with E-state index in [9.17, 15) is 14.4 Å². The number of amides is 4. The number of fused-ring (bicyclic) bond motifs is 1. The van der Waals surface area contributed by atoms with Crippen LogP contribution < -0.4 is 15.1 Å². The van der Waals surface area contributed by atoms with Crippen molar-refractivity contribution >= 4 is 49.3 Å². The molecule has 1 N–H and O–H groups in total. The highest BCUT2D eigenvalue weighted by Gasteiger charge is 2.47. The van der Waals surface area contributed by atoms with Crippen molar-refractivity contribution in [2.75, 3.05) is 35.3 Å². The van der Waals surface area contributed by atoms with Crippen LogP contribution in [0.15, 0.2) is 43.0 Å². The van der Waals surface area contributed by atoms with E-state index in [2.05, 4.69) is 65.2 Å². The standard InChI is InChI=1S/C37H46N10O4Si/c1-21-10-12-38-32(40-21)25-16-26(25)34(49)43-35-39-13-11-30(42-35)46-18-24(51-52(6,7)37(2,3)4)15-28(46)27-19-45-17-23(22-8-9-22)14-29(33(45)41-27)47-20-31(48)44(5)36(47)50/h10-14,17,19,22,24-26,28H,8-9,15-16,18,20H2,1-7H3,(H,39,42,43,49)/t24?,25?,26-,28+/m0/s1. The number of anilines is 3. The highest BCUT2D eigenvalue weighted by atomic mass is 28.4. The number of urea groups is 1. The Morgan fingerprint density at radius 3 is 2.48 bits per heavy atom. The van der Waals surface area contributed by atoms with Crippen LogP contribution in [0.2, 0.25) is 18.1 Å². The number of hydrogen-bond acceptors (Lipinski definition) is 10. The van der Waals surface area contributed by atoms with E-state index in [0.717, 1.165) is 34.7 Å². The van der Waals surface area contributed by atoms with Crippen molar-refractivity contribution < 1.29 is 18.8 Å². The molecule has 2 saturated carbocycles. The lowest BCUT2D eigenvalue weighted by Crippen LogP contribution is -2.44. The molecule has 6 heterocycles. The Labute approximate surface area is 304 Å². The molecule has 15 heteroatoms. The molecule has 4 amide bonds. The first-order valence-electron chi connectivity index (χ1n) is 18.2. The SMILES string of the molecule is Cc1ccnc(C2C[C@@H]2C(=O)Nc2nccc(N3CC(O[Si](C)(C)C(C)(C)C)C[C@@H]3c3cn4cc(C5CC5)cc(N5CC(=O)N(C)C5=O)c4n3)n2)n1. The van der Waals surface area contributed by atoms with E-state index >= 15 is 0 Å². The molecule has 0 spiro atoms. The topological polar surface area (TPSA) is 151 Å². The third-order valence-corrected chi connectivity index (χ3v) is 15.9. The van der Waals surface area contributed by atoms with Crippen LogP contribution in [0.4, 0.5) is 22.2 Å². The fourth-order valence-corrected chi connectivity index (χ4v) is 8.46. The van der Waals surface area contributed by atoms with Crippen molar-refractivity contribution in [2.45, 2.75) is 95.5 Å². The van der Waals surface area contributed by atoms with Gasteiger partial charge >= 0.3 is 6.03 Å². The van der Waals surface area contributed by atoms with Gasteiger partial charge in [-0.15, -0.1) is 0 Å². The number of hydrogen-bond donors (Lipinski definition) is 1. The van der Waals surface area contributed by atoms with Gasteiger partial charge in [0.2, 0.25) is 17.8 Å². The first kappa shape index (κ1) is 34.3. The van der Waals surface area contributed by atoms with Gasteiger partial charge in [0.15, 0.2) is 14.0 Å². The van der Waals surface area contributed by atoms with Gasteiger partial charge in [0.25, 0.3) is 0 Å². The van der Waals surface area contributed by atoms with Crippen molar-refractivity contribution in [1.82, 2.24) is 34.2 Å². The van der Waals surface area contributed by atoms with Crippen LogP contribution in [0, 0.1) is 12.8 Å². The molecule has 0 radical (unpaired) electrons. The molecule has 0 bridgehead atoms. The Morgan fingerprint density at radius 2 is 1.79 bits per heavy atom. The van der Waals surface area contributed by atoms with Crippen molar-refractivity contribution in [3.63, 3.8) is 0 Å². The van der Waals surface area contributed by atoms with Gasteiger partial charge in [-0.05, 0) is 74.0 Å². The third-order valence-electron chi connectivity index (χ3n) is 11.4. The molecule has 0 aromatic carbocycles. The number of aromatic nitrogens is 6. The summed E-state index contributed by atoms with van der Waals surface area (Å²) < 4.78 is 8.98. The maximum atomic E-state index is 13.3. The lowest BCUT2D eigenvalue weighted by atomic mass is 10.1. The first-order valence-corrected chi connectivity index (χ1v) is 21.1. The molecule has 2 saturated heterocycles. The number of carbonyl (C=O) groups excluding carboxylic acids is 3. The van der Waals surface area contributed by atoms with Crippen LogP contribution in [-0.2, 0) is 14.0 Å². The molecule has 14 nitrogen and oxygen atoms in total. The first-order chi connectivity index (χ1) is 24.7. The quantitative estimate of drug-likeness (QED) is 0.171. The second-order valence-corrected chi connectivity index (χ2v) is 21.0. The van der Waals surface area contributed by atoms with Crippen molar-refractivity contribution in [3.05, 3.63) is 65.8 Å². The van der Waals surface area contributed by atoms with Crippen LogP contribution in [0.3, 0.4) is 0 Å². The van der Waals surface area contributed by atoms with Gasteiger partial charge in [0.05, 0.1) is 23.5 Å². The Kier molecular flexibility index (Phi) is 8.21. The lowest BCUT2D eigenvalue weighted by Gasteiger charge is -2.38. The Balaban J connectivity index is 1.11. The Hall–Kier alpha value is -4.76. The van der Waals surface area contributed by atoms with Gasteiger partial charge in [-0.1, -0.05) is 20.8 Å². The molecule has 4 aromatic heterocycles. The summed E-state index contributed by atoms with van der Waals surface area (Å²) in [6.45, 7) is 13.7. The summed E-state index contributed by atoms with van der Waals surface area (Å²) in [6.07, 6.45) is 11.0. The zero-order chi connectivity index (χ0) is 36.7. The Bertz CT molecular complexity index is 2090. The number of likely N-dealkylation sites (N-methyl/N-ethyl adjacent to an activating group) is 1. The summed E-state index contributed by atoms with van der Waals surface area (Å²) in [4.78, 5) is 67.3. The zero-order valence-corrected chi connectivity index (χ0v) is 31.8. The zero-order valence-electron chi connectivity index (χ0n) is 30.8. The number of nitrogens with zero attached hydrogens (tertiary/aromatic N) is 9. The lowest BCUT2D eigenvalue weighted by molar-refractivity contribution is -0.124. The minimum absolute atomic E-state index is 0.0194. The number of aryl methyl sites for hydroxylation is 1. The summed E-state index contributed by atoms with van der Waals surface area (Å²) in [5.74, 6) is 1.36. The van der Waals surface area contributed by atoms with E-state index in [1.54, 1.807) is 12.4 Å². The van der Waals surface area contributed by atoms with Crippen molar-refractivity contribution in [3.8, 4) is 0 Å². The van der Waals surface area contributed by atoms with Crippen molar-refractivity contribution in [2.24, 2.45) is 5.92 Å². The molecule has 4 aliphatic rings. The van der Waals surface area contributed by atoms with E-state index in [1.165, 1.54) is 11.9 Å². The maximum absolute atomic E-state index is 13.3. The molecular formula is C37H46N10O4Si. The van der Waals surface area contributed by atoms with E-state index in [4.69, 9.17) is 14.4 Å². The number of carbonyl (C=O) groups is 3. The maximum Gasteiger partial charge on any atom is 0.331 e. The van der Waals surface area contributed by atoms with Crippen LogP contribution >= 0.6 is 0 Å². The monoisotopic (exact) mass is 722 g/mol. The highest BCUT2D eigenvalue weighted by molar-refractivity contribution is 6.74. The van der Waals surface area contributed by atoms with Gasteiger partial charge in [-0.25, -0.2) is 24.7 Å². The van der Waals surface area contributed by atoms with Gasteiger partial charge in [0, 0.05) is 62.3 Å². The highest BCUT2D eigenvalue weighted by Crippen LogP contribution is 2.47. The van der Waals surface area contributed by atoms with Gasteiger partial charge in [-0.2, -0.15) is 4.98 Å². The second kappa shape index (κ2) is 12.4. The van der Waals surface area contributed by atoms with Gasteiger partial charge < -0.3 is 13.7 Å². The van der Waals surface area contributed by atoms with Crippen LogP contribution in [-0.4, -0.2) is 86.6 Å². The second-order valence-electron chi connectivity index (χ2n) is 16.3.